The molecule has 0 aliphatic heterocycles. The molecule has 6 heavy (non-hydrogen) atoms. The first-order valence-electron chi connectivity index (χ1n) is 1.78. The van der Waals surface area contributed by atoms with E-state index in [0.717, 1.165) is 11.0 Å². The van der Waals surface area contributed by atoms with Gasteiger partial charge in [-0.3, -0.25) is 0 Å². The van der Waals surface area contributed by atoms with Gasteiger partial charge >= 0.3 is 0 Å². The van der Waals surface area contributed by atoms with Crippen molar-refractivity contribution in [2.24, 2.45) is 5.73 Å². The van der Waals surface area contributed by atoms with Crippen molar-refractivity contribution in [1.82, 2.24) is 0 Å². The van der Waals surface area contributed by atoms with Gasteiger partial charge in [0, 0.05) is 11.0 Å². The molecule has 0 radical (unpaired) electrons. The second-order valence-corrected chi connectivity index (χ2v) is 1.56. The SMILES string of the molecule is CC=C(N)CBr. The highest BCUT2D eigenvalue weighted by Gasteiger charge is 1.75. The third-order valence-electron chi connectivity index (χ3n) is 0.525. The zero-order valence-corrected chi connectivity index (χ0v) is 5.33. The van der Waals surface area contributed by atoms with Gasteiger partial charge in [0.05, 0.1) is 0 Å². The van der Waals surface area contributed by atoms with Crippen LogP contribution in [0, 0.1) is 0 Å². The van der Waals surface area contributed by atoms with Gasteiger partial charge in [-0.1, -0.05) is 22.0 Å². The van der Waals surface area contributed by atoms with Gasteiger partial charge in [0.25, 0.3) is 0 Å². The van der Waals surface area contributed by atoms with Gasteiger partial charge < -0.3 is 5.73 Å². The Morgan fingerprint density at radius 2 is 2.50 bits per heavy atom. The van der Waals surface area contributed by atoms with E-state index >= 15 is 0 Å². The fraction of sp³-hybridized carbons (Fsp3) is 0.500. The molecule has 0 unspecified atom stereocenters. The molecular formula is C4H8BrN. The molecule has 0 aromatic heterocycles. The zero-order chi connectivity index (χ0) is 4.99. The molecule has 0 saturated heterocycles. The smallest absolute Gasteiger partial charge is 0.0425 e. The Kier molecular flexibility index (Phi) is 3.23. The van der Waals surface area contributed by atoms with Crippen LogP contribution in [0.5, 0.6) is 0 Å². The lowest BCUT2D eigenvalue weighted by molar-refractivity contribution is 1.32. The third kappa shape index (κ3) is 2.27. The Bertz CT molecular complexity index is 58.6. The third-order valence-corrected chi connectivity index (χ3v) is 1.17. The summed E-state index contributed by atoms with van der Waals surface area (Å²) in [5.41, 5.74) is 6.17. The number of hydrogen-bond donors (Lipinski definition) is 1. The highest BCUT2D eigenvalue weighted by atomic mass is 79.9. The van der Waals surface area contributed by atoms with E-state index in [1.807, 2.05) is 13.0 Å². The molecule has 0 aliphatic carbocycles. The van der Waals surface area contributed by atoms with Crippen molar-refractivity contribution >= 4 is 15.9 Å². The molecule has 36 valence electrons. The summed E-state index contributed by atoms with van der Waals surface area (Å²) in [7, 11) is 0. The number of halogens is 1. The van der Waals surface area contributed by atoms with Crippen LogP contribution >= 0.6 is 15.9 Å². The van der Waals surface area contributed by atoms with E-state index < -0.39 is 0 Å². The molecule has 2 N–H and O–H groups in total. The number of alkyl halides is 1. The summed E-state index contributed by atoms with van der Waals surface area (Å²) in [6.07, 6.45) is 1.87. The van der Waals surface area contributed by atoms with Crippen LogP contribution in [0.25, 0.3) is 0 Å². The predicted octanol–water partition coefficient (Wildman–Crippen LogP) is 1.24. The minimum Gasteiger partial charge on any atom is -0.402 e. The lowest BCUT2D eigenvalue weighted by atomic mass is 10.5. The van der Waals surface area contributed by atoms with Crippen molar-refractivity contribution in [2.45, 2.75) is 6.92 Å². The monoisotopic (exact) mass is 149 g/mol. The Hall–Kier alpha value is 0.0200. The Morgan fingerprint density at radius 3 is 2.50 bits per heavy atom. The average Bonchev–Trinajstić information content (AvgIpc) is 1.65. The van der Waals surface area contributed by atoms with Crippen molar-refractivity contribution in [3.63, 3.8) is 0 Å². The summed E-state index contributed by atoms with van der Waals surface area (Å²) in [6.45, 7) is 1.91. The average molecular weight is 150 g/mol. The quantitative estimate of drug-likeness (QED) is 0.559. The van der Waals surface area contributed by atoms with E-state index in [0.29, 0.717) is 0 Å². The van der Waals surface area contributed by atoms with E-state index in [9.17, 15) is 0 Å². The lowest BCUT2D eigenvalue weighted by Crippen LogP contribution is -1.95. The first kappa shape index (κ1) is 6.02. The number of nitrogens with two attached hydrogens (primary N) is 1. The molecule has 0 fully saturated rings. The molecule has 0 rings (SSSR count). The largest absolute Gasteiger partial charge is 0.402 e. The van der Waals surface area contributed by atoms with E-state index in [1.54, 1.807) is 0 Å². The normalized spacial score (nSPS) is 12.0. The Labute approximate surface area is 46.4 Å². The summed E-state index contributed by atoms with van der Waals surface area (Å²) < 4.78 is 0. The molecule has 0 heterocycles. The van der Waals surface area contributed by atoms with Crippen molar-refractivity contribution in [3.05, 3.63) is 11.8 Å². The molecule has 0 aromatic rings. The van der Waals surface area contributed by atoms with Crippen molar-refractivity contribution in [1.29, 1.82) is 0 Å². The summed E-state index contributed by atoms with van der Waals surface area (Å²) in [5, 5.41) is 0.781. The van der Waals surface area contributed by atoms with Crippen LogP contribution in [-0.2, 0) is 0 Å². The van der Waals surface area contributed by atoms with Gasteiger partial charge in [0.1, 0.15) is 0 Å². The zero-order valence-electron chi connectivity index (χ0n) is 3.74. The summed E-state index contributed by atoms with van der Waals surface area (Å²) in [4.78, 5) is 0. The molecule has 0 bridgehead atoms. The molecule has 0 spiro atoms. The maximum Gasteiger partial charge on any atom is 0.0425 e. The molecule has 0 aromatic carbocycles. The Balaban J connectivity index is 3.22. The van der Waals surface area contributed by atoms with Crippen LogP contribution in [0.4, 0.5) is 0 Å². The standard InChI is InChI=1S/C4H8BrN/c1-2-4(6)3-5/h2H,3,6H2,1H3. The van der Waals surface area contributed by atoms with Crippen molar-refractivity contribution in [2.75, 3.05) is 5.33 Å². The van der Waals surface area contributed by atoms with Gasteiger partial charge in [0.15, 0.2) is 0 Å². The predicted molar refractivity (Wildman–Crippen MR) is 31.7 cm³/mol. The van der Waals surface area contributed by atoms with Gasteiger partial charge in [-0.15, -0.1) is 0 Å². The molecule has 0 amide bonds. The Morgan fingerprint density at radius 1 is 2.00 bits per heavy atom. The fourth-order valence-corrected chi connectivity index (χ4v) is 0.401. The maximum absolute atomic E-state index is 5.29. The minimum atomic E-state index is 0.781. The van der Waals surface area contributed by atoms with Gasteiger partial charge in [-0.05, 0) is 6.92 Å². The van der Waals surface area contributed by atoms with E-state index in [1.165, 1.54) is 0 Å². The topological polar surface area (TPSA) is 26.0 Å². The first-order chi connectivity index (χ1) is 2.81. The maximum atomic E-state index is 5.29. The van der Waals surface area contributed by atoms with Crippen LogP contribution in [0.15, 0.2) is 11.8 Å². The van der Waals surface area contributed by atoms with Crippen LogP contribution in [-0.4, -0.2) is 5.33 Å². The number of allylic oxidation sites excluding steroid dienone is 2. The van der Waals surface area contributed by atoms with Gasteiger partial charge in [0.2, 0.25) is 0 Å². The van der Waals surface area contributed by atoms with Gasteiger partial charge in [-0.25, -0.2) is 0 Å². The van der Waals surface area contributed by atoms with E-state index in [-0.39, 0.29) is 0 Å². The van der Waals surface area contributed by atoms with E-state index in [2.05, 4.69) is 15.9 Å². The number of hydrogen-bond acceptors (Lipinski definition) is 1. The summed E-state index contributed by atoms with van der Waals surface area (Å²) in [5.74, 6) is 0. The van der Waals surface area contributed by atoms with E-state index in [4.69, 9.17) is 5.73 Å². The highest BCUT2D eigenvalue weighted by molar-refractivity contribution is 9.09. The highest BCUT2D eigenvalue weighted by Crippen LogP contribution is 1.87. The van der Waals surface area contributed by atoms with Crippen molar-refractivity contribution < 1.29 is 0 Å². The van der Waals surface area contributed by atoms with Crippen LogP contribution in [0.3, 0.4) is 0 Å². The lowest BCUT2D eigenvalue weighted by Gasteiger charge is -1.84. The van der Waals surface area contributed by atoms with Gasteiger partial charge in [-0.2, -0.15) is 0 Å². The minimum absolute atomic E-state index is 0.781. The summed E-state index contributed by atoms with van der Waals surface area (Å²) in [6, 6.07) is 0. The molecule has 2 heteroatoms. The number of rotatable bonds is 1. The second-order valence-electron chi connectivity index (χ2n) is 0.997. The summed E-state index contributed by atoms with van der Waals surface area (Å²) >= 11 is 3.18. The molecule has 1 nitrogen and oxygen atoms in total. The van der Waals surface area contributed by atoms with Crippen molar-refractivity contribution in [3.8, 4) is 0 Å². The molecule has 0 saturated carbocycles. The van der Waals surface area contributed by atoms with Crippen LogP contribution in [0.2, 0.25) is 0 Å². The fourth-order valence-electron chi connectivity index (χ4n) is 0.0772. The molecule has 0 aliphatic rings. The first-order valence-corrected chi connectivity index (χ1v) is 2.90. The second kappa shape index (κ2) is 3.22. The van der Waals surface area contributed by atoms with Crippen LogP contribution < -0.4 is 5.73 Å². The molecular weight excluding hydrogens is 142 g/mol. The van der Waals surface area contributed by atoms with Crippen LogP contribution in [0.1, 0.15) is 6.92 Å². The molecule has 0 atom stereocenters.